The number of aromatic nitrogens is 4. The lowest BCUT2D eigenvalue weighted by Crippen LogP contribution is -2.47. The second-order valence-corrected chi connectivity index (χ2v) is 7.59. The van der Waals surface area contributed by atoms with Crippen molar-refractivity contribution in [2.45, 2.75) is 38.5 Å². The van der Waals surface area contributed by atoms with E-state index in [0.717, 1.165) is 75.4 Å². The largest absolute Gasteiger partial charge is 0.381 e. The Morgan fingerprint density at radius 3 is 2.37 bits per heavy atom. The summed E-state index contributed by atoms with van der Waals surface area (Å²) in [6.07, 6.45) is 5.69. The zero-order chi connectivity index (χ0) is 18.6. The summed E-state index contributed by atoms with van der Waals surface area (Å²) < 4.78 is 5.47. The SMILES string of the molecule is CC(C)c1nccc(N2CCN(c3cc(C4CCOCC4)ncn3)CC2)n1. The molecule has 0 radical (unpaired) electrons. The van der Waals surface area contributed by atoms with Crippen LogP contribution < -0.4 is 9.80 Å². The second kappa shape index (κ2) is 8.17. The summed E-state index contributed by atoms with van der Waals surface area (Å²) in [4.78, 5) is 22.9. The van der Waals surface area contributed by atoms with Crippen LogP contribution in [0.2, 0.25) is 0 Å². The number of nitrogens with zero attached hydrogens (tertiary/aromatic N) is 6. The lowest BCUT2D eigenvalue weighted by molar-refractivity contribution is 0.0845. The van der Waals surface area contributed by atoms with Crippen LogP contribution in [0, 0.1) is 0 Å². The van der Waals surface area contributed by atoms with Crippen LogP contribution in [0.25, 0.3) is 0 Å². The molecule has 7 nitrogen and oxygen atoms in total. The predicted octanol–water partition coefficient (Wildman–Crippen LogP) is 2.61. The van der Waals surface area contributed by atoms with Crippen LogP contribution in [-0.2, 0) is 4.74 Å². The van der Waals surface area contributed by atoms with Crippen LogP contribution in [0.4, 0.5) is 11.6 Å². The molecule has 4 rings (SSSR count). The molecule has 2 saturated heterocycles. The topological polar surface area (TPSA) is 67.3 Å². The zero-order valence-corrected chi connectivity index (χ0v) is 16.2. The van der Waals surface area contributed by atoms with Gasteiger partial charge in [0.25, 0.3) is 0 Å². The molecule has 0 bridgehead atoms. The van der Waals surface area contributed by atoms with E-state index in [1.165, 1.54) is 0 Å². The summed E-state index contributed by atoms with van der Waals surface area (Å²) >= 11 is 0. The first-order chi connectivity index (χ1) is 13.2. The fraction of sp³-hybridized carbons (Fsp3) is 0.600. The van der Waals surface area contributed by atoms with Crippen LogP contribution in [0.1, 0.15) is 50.0 Å². The van der Waals surface area contributed by atoms with Gasteiger partial charge < -0.3 is 14.5 Å². The van der Waals surface area contributed by atoms with Gasteiger partial charge in [0, 0.05) is 69.2 Å². The van der Waals surface area contributed by atoms with Crippen molar-refractivity contribution in [2.75, 3.05) is 49.2 Å². The van der Waals surface area contributed by atoms with E-state index in [4.69, 9.17) is 9.72 Å². The van der Waals surface area contributed by atoms with E-state index in [9.17, 15) is 0 Å². The van der Waals surface area contributed by atoms with Gasteiger partial charge >= 0.3 is 0 Å². The molecule has 0 spiro atoms. The average molecular weight is 368 g/mol. The third kappa shape index (κ3) is 4.18. The van der Waals surface area contributed by atoms with Crippen molar-refractivity contribution >= 4 is 11.6 Å². The van der Waals surface area contributed by atoms with Crippen molar-refractivity contribution in [2.24, 2.45) is 0 Å². The highest BCUT2D eigenvalue weighted by Crippen LogP contribution is 2.27. The minimum Gasteiger partial charge on any atom is -0.381 e. The van der Waals surface area contributed by atoms with Crippen LogP contribution in [-0.4, -0.2) is 59.3 Å². The predicted molar refractivity (Wildman–Crippen MR) is 105 cm³/mol. The Hall–Kier alpha value is -2.28. The molecule has 2 aliphatic heterocycles. The van der Waals surface area contributed by atoms with E-state index >= 15 is 0 Å². The minimum absolute atomic E-state index is 0.343. The fourth-order valence-electron chi connectivity index (χ4n) is 3.73. The second-order valence-electron chi connectivity index (χ2n) is 7.59. The Morgan fingerprint density at radius 1 is 0.963 bits per heavy atom. The normalized spacial score (nSPS) is 18.9. The third-order valence-corrected chi connectivity index (χ3v) is 5.42. The maximum absolute atomic E-state index is 5.47. The Balaban J connectivity index is 1.41. The Labute approximate surface area is 160 Å². The first-order valence-corrected chi connectivity index (χ1v) is 9.93. The fourth-order valence-corrected chi connectivity index (χ4v) is 3.73. The van der Waals surface area contributed by atoms with E-state index in [0.29, 0.717) is 11.8 Å². The molecule has 0 atom stereocenters. The van der Waals surface area contributed by atoms with Crippen LogP contribution in [0.3, 0.4) is 0 Å². The zero-order valence-electron chi connectivity index (χ0n) is 16.2. The Morgan fingerprint density at radius 2 is 1.67 bits per heavy atom. The van der Waals surface area contributed by atoms with Crippen LogP contribution >= 0.6 is 0 Å². The molecule has 0 saturated carbocycles. The first-order valence-electron chi connectivity index (χ1n) is 9.93. The maximum atomic E-state index is 5.47. The molecule has 2 aromatic rings. The summed E-state index contributed by atoms with van der Waals surface area (Å²) in [5.41, 5.74) is 1.16. The lowest BCUT2D eigenvalue weighted by Gasteiger charge is -2.36. The van der Waals surface area contributed by atoms with Gasteiger partial charge in [0.05, 0.1) is 0 Å². The lowest BCUT2D eigenvalue weighted by atomic mass is 9.96. The monoisotopic (exact) mass is 368 g/mol. The highest BCUT2D eigenvalue weighted by atomic mass is 16.5. The van der Waals surface area contributed by atoms with Gasteiger partial charge in [-0.15, -0.1) is 0 Å². The highest BCUT2D eigenvalue weighted by Gasteiger charge is 2.22. The van der Waals surface area contributed by atoms with Gasteiger partial charge in [-0.25, -0.2) is 19.9 Å². The molecular weight excluding hydrogens is 340 g/mol. The summed E-state index contributed by atoms with van der Waals surface area (Å²) in [5.74, 6) is 3.82. The van der Waals surface area contributed by atoms with E-state index in [-0.39, 0.29) is 0 Å². The number of anilines is 2. The van der Waals surface area contributed by atoms with E-state index in [2.05, 4.69) is 44.7 Å². The summed E-state index contributed by atoms with van der Waals surface area (Å²) in [7, 11) is 0. The van der Waals surface area contributed by atoms with Crippen molar-refractivity contribution in [1.82, 2.24) is 19.9 Å². The molecule has 0 aromatic carbocycles. The molecule has 2 aliphatic rings. The van der Waals surface area contributed by atoms with Crippen LogP contribution in [0.15, 0.2) is 24.7 Å². The Kier molecular flexibility index (Phi) is 5.48. The standard InChI is InChI=1S/C20H28N6O/c1-15(2)20-21-6-3-18(24-20)25-7-9-26(10-8-25)19-13-17(22-14-23-19)16-4-11-27-12-5-16/h3,6,13-16H,4-5,7-12H2,1-2H3. The number of hydrogen-bond acceptors (Lipinski definition) is 7. The molecular formula is C20H28N6O. The molecule has 2 aromatic heterocycles. The molecule has 144 valence electrons. The average Bonchev–Trinajstić information content (AvgIpc) is 2.75. The van der Waals surface area contributed by atoms with E-state index in [1.54, 1.807) is 6.33 Å². The van der Waals surface area contributed by atoms with Gasteiger partial charge in [-0.3, -0.25) is 0 Å². The van der Waals surface area contributed by atoms with Gasteiger partial charge in [-0.2, -0.15) is 0 Å². The van der Waals surface area contributed by atoms with Gasteiger partial charge in [-0.1, -0.05) is 13.8 Å². The number of ether oxygens (including phenoxy) is 1. The first kappa shape index (κ1) is 18.1. The number of piperazine rings is 1. The minimum atomic E-state index is 0.343. The van der Waals surface area contributed by atoms with Crippen molar-refractivity contribution in [1.29, 1.82) is 0 Å². The summed E-state index contributed by atoms with van der Waals surface area (Å²) in [6.45, 7) is 9.66. The molecule has 4 heterocycles. The quantitative estimate of drug-likeness (QED) is 0.822. The van der Waals surface area contributed by atoms with Crippen molar-refractivity contribution in [3.05, 3.63) is 36.2 Å². The number of rotatable bonds is 4. The van der Waals surface area contributed by atoms with Crippen LogP contribution in [0.5, 0.6) is 0 Å². The molecule has 0 amide bonds. The van der Waals surface area contributed by atoms with Crippen molar-refractivity contribution < 1.29 is 4.74 Å². The maximum Gasteiger partial charge on any atom is 0.133 e. The van der Waals surface area contributed by atoms with Gasteiger partial charge in [0.2, 0.25) is 0 Å². The molecule has 27 heavy (non-hydrogen) atoms. The summed E-state index contributed by atoms with van der Waals surface area (Å²) in [5, 5.41) is 0. The smallest absolute Gasteiger partial charge is 0.133 e. The molecule has 0 aliphatic carbocycles. The highest BCUT2D eigenvalue weighted by molar-refractivity contribution is 5.45. The molecule has 0 unspecified atom stereocenters. The van der Waals surface area contributed by atoms with Gasteiger partial charge in [-0.05, 0) is 18.9 Å². The third-order valence-electron chi connectivity index (χ3n) is 5.42. The van der Waals surface area contributed by atoms with Gasteiger partial charge in [0.1, 0.15) is 23.8 Å². The van der Waals surface area contributed by atoms with Gasteiger partial charge in [0.15, 0.2) is 0 Å². The molecule has 2 fully saturated rings. The van der Waals surface area contributed by atoms with E-state index in [1.807, 2.05) is 12.3 Å². The van der Waals surface area contributed by atoms with Crippen molar-refractivity contribution in [3.63, 3.8) is 0 Å². The molecule has 7 heteroatoms. The summed E-state index contributed by atoms with van der Waals surface area (Å²) in [6, 6.07) is 4.18. The van der Waals surface area contributed by atoms with Crippen molar-refractivity contribution in [3.8, 4) is 0 Å². The van der Waals surface area contributed by atoms with E-state index < -0.39 is 0 Å². The Bertz CT molecular complexity index is 754. The molecule has 0 N–H and O–H groups in total. The number of hydrogen-bond donors (Lipinski definition) is 0.